The third-order valence-corrected chi connectivity index (χ3v) is 5.93. The summed E-state index contributed by atoms with van der Waals surface area (Å²) in [7, 11) is 0. The Labute approximate surface area is 198 Å². The van der Waals surface area contributed by atoms with Crippen molar-refractivity contribution in [1.82, 2.24) is 15.1 Å². The maximum Gasteiger partial charge on any atom is 0.246 e. The first-order valence-corrected chi connectivity index (χ1v) is 11.2. The van der Waals surface area contributed by atoms with Crippen molar-refractivity contribution in [3.8, 4) is 11.4 Å². The van der Waals surface area contributed by atoms with Crippen LogP contribution in [0.5, 0.6) is 5.75 Å². The average Bonchev–Trinajstić information content (AvgIpc) is 3.23. The highest BCUT2D eigenvalue weighted by Gasteiger charge is 2.24. The number of nitrogens with one attached hydrogen (secondary N) is 1. The minimum Gasteiger partial charge on any atom is -0.484 e. The SMILES string of the molecule is C=C(C)C(=O)N[C@@H](C)[C@H](Oc1ccc2c(cnn2-c2ccc(F)cc2)c1)c1ccc(C)c(C)c1. The van der Waals surface area contributed by atoms with Crippen LogP contribution in [0.25, 0.3) is 16.6 Å². The lowest BCUT2D eigenvalue weighted by atomic mass is 9.98. The van der Waals surface area contributed by atoms with Gasteiger partial charge in [0.1, 0.15) is 17.7 Å². The van der Waals surface area contributed by atoms with Gasteiger partial charge in [0.15, 0.2) is 0 Å². The molecule has 174 valence electrons. The summed E-state index contributed by atoms with van der Waals surface area (Å²) in [4.78, 5) is 12.3. The van der Waals surface area contributed by atoms with E-state index < -0.39 is 6.10 Å². The molecule has 0 spiro atoms. The van der Waals surface area contributed by atoms with Gasteiger partial charge in [-0.25, -0.2) is 9.07 Å². The number of nitrogens with zero attached hydrogens (tertiary/aromatic N) is 2. The molecule has 6 heteroatoms. The Morgan fingerprint density at radius 2 is 1.79 bits per heavy atom. The van der Waals surface area contributed by atoms with Crippen LogP contribution >= 0.6 is 0 Å². The Balaban J connectivity index is 1.66. The van der Waals surface area contributed by atoms with Crippen molar-refractivity contribution in [2.75, 3.05) is 0 Å². The first kappa shape index (κ1) is 23.2. The molecule has 5 nitrogen and oxygen atoms in total. The summed E-state index contributed by atoms with van der Waals surface area (Å²) < 4.78 is 21.5. The molecule has 0 saturated heterocycles. The molecular formula is C28H28FN3O2. The van der Waals surface area contributed by atoms with Crippen molar-refractivity contribution in [2.24, 2.45) is 0 Å². The molecule has 4 rings (SSSR count). The Bertz CT molecular complexity index is 1360. The number of aromatic nitrogens is 2. The van der Waals surface area contributed by atoms with E-state index in [-0.39, 0.29) is 17.8 Å². The fourth-order valence-electron chi connectivity index (χ4n) is 3.83. The number of benzene rings is 3. The van der Waals surface area contributed by atoms with Crippen LogP contribution in [0.4, 0.5) is 4.39 Å². The van der Waals surface area contributed by atoms with Crippen LogP contribution in [0.3, 0.4) is 0 Å². The standard InChI is InChI=1S/C28H28FN3O2/c1-17(2)28(33)31-20(5)27(21-7-6-18(3)19(4)14-21)34-25-12-13-26-22(15-25)16-30-32(26)24-10-8-23(29)9-11-24/h6-16,20,27H,1H2,2-5H3,(H,31,33)/t20-,27-/m0/s1. The van der Waals surface area contributed by atoms with Gasteiger partial charge in [0, 0.05) is 11.0 Å². The van der Waals surface area contributed by atoms with Crippen LogP contribution in [0.1, 0.15) is 36.6 Å². The third-order valence-electron chi connectivity index (χ3n) is 5.93. The highest BCUT2D eigenvalue weighted by atomic mass is 19.1. The van der Waals surface area contributed by atoms with E-state index in [1.165, 1.54) is 17.7 Å². The zero-order valence-electron chi connectivity index (χ0n) is 19.8. The number of ether oxygens (including phenoxy) is 1. The molecule has 3 aromatic carbocycles. The topological polar surface area (TPSA) is 56.1 Å². The van der Waals surface area contributed by atoms with Crippen LogP contribution in [0, 0.1) is 19.7 Å². The second-order valence-electron chi connectivity index (χ2n) is 8.68. The van der Waals surface area contributed by atoms with E-state index in [4.69, 9.17) is 4.74 Å². The highest BCUT2D eigenvalue weighted by molar-refractivity contribution is 5.92. The van der Waals surface area contributed by atoms with Gasteiger partial charge in [-0.05, 0) is 86.8 Å². The molecule has 0 unspecified atom stereocenters. The summed E-state index contributed by atoms with van der Waals surface area (Å²) in [5.74, 6) is 0.160. The molecule has 0 aliphatic heterocycles. The maximum atomic E-state index is 13.3. The van der Waals surface area contributed by atoms with Gasteiger partial charge in [-0.2, -0.15) is 5.10 Å². The number of hydrogen-bond donors (Lipinski definition) is 1. The fraction of sp³-hybridized carbons (Fsp3) is 0.214. The van der Waals surface area contributed by atoms with E-state index in [1.54, 1.807) is 29.9 Å². The molecule has 1 N–H and O–H groups in total. The van der Waals surface area contributed by atoms with Gasteiger partial charge in [-0.1, -0.05) is 24.8 Å². The minimum atomic E-state index is -0.410. The van der Waals surface area contributed by atoms with Crippen LogP contribution in [0.15, 0.2) is 79.0 Å². The van der Waals surface area contributed by atoms with Crippen LogP contribution < -0.4 is 10.1 Å². The molecule has 4 aromatic rings. The molecule has 0 radical (unpaired) electrons. The monoisotopic (exact) mass is 457 g/mol. The summed E-state index contributed by atoms with van der Waals surface area (Å²) in [6.45, 7) is 11.5. The lowest BCUT2D eigenvalue weighted by molar-refractivity contribution is -0.118. The second kappa shape index (κ2) is 9.51. The van der Waals surface area contributed by atoms with Crippen molar-refractivity contribution in [2.45, 2.75) is 39.8 Å². The number of aryl methyl sites for hydroxylation is 2. The molecule has 34 heavy (non-hydrogen) atoms. The van der Waals surface area contributed by atoms with E-state index >= 15 is 0 Å². The number of carbonyl (C=O) groups is 1. The molecule has 0 aliphatic carbocycles. The molecule has 0 bridgehead atoms. The highest BCUT2D eigenvalue weighted by Crippen LogP contribution is 2.30. The van der Waals surface area contributed by atoms with Crippen molar-refractivity contribution in [3.05, 3.63) is 102 Å². The molecule has 0 saturated carbocycles. The minimum absolute atomic E-state index is 0.207. The smallest absolute Gasteiger partial charge is 0.246 e. The van der Waals surface area contributed by atoms with Crippen LogP contribution in [0.2, 0.25) is 0 Å². The average molecular weight is 458 g/mol. The van der Waals surface area contributed by atoms with E-state index in [0.29, 0.717) is 11.3 Å². The Hall–Kier alpha value is -3.93. The normalized spacial score (nSPS) is 12.9. The molecule has 1 heterocycles. The first-order chi connectivity index (χ1) is 16.2. The number of fused-ring (bicyclic) bond motifs is 1. The summed E-state index contributed by atoms with van der Waals surface area (Å²) >= 11 is 0. The first-order valence-electron chi connectivity index (χ1n) is 11.2. The Morgan fingerprint density at radius 3 is 2.47 bits per heavy atom. The van der Waals surface area contributed by atoms with Gasteiger partial charge in [0.05, 0.1) is 23.4 Å². The van der Waals surface area contributed by atoms with Gasteiger partial charge >= 0.3 is 0 Å². The second-order valence-corrected chi connectivity index (χ2v) is 8.68. The molecule has 2 atom stereocenters. The number of rotatable bonds is 7. The summed E-state index contributed by atoms with van der Waals surface area (Å²) in [6.07, 6.45) is 1.34. The number of amides is 1. The lowest BCUT2D eigenvalue weighted by Gasteiger charge is -2.27. The molecular weight excluding hydrogens is 429 g/mol. The van der Waals surface area contributed by atoms with Crippen molar-refractivity contribution in [1.29, 1.82) is 0 Å². The van der Waals surface area contributed by atoms with Crippen LogP contribution in [-0.4, -0.2) is 21.7 Å². The Kier molecular flexibility index (Phi) is 6.50. The largest absolute Gasteiger partial charge is 0.484 e. The van der Waals surface area contributed by atoms with Crippen molar-refractivity contribution in [3.63, 3.8) is 0 Å². The Morgan fingerprint density at radius 1 is 1.06 bits per heavy atom. The zero-order chi connectivity index (χ0) is 24.4. The number of carbonyl (C=O) groups excluding carboxylic acids is 1. The van der Waals surface area contributed by atoms with Gasteiger partial charge in [-0.15, -0.1) is 0 Å². The molecule has 0 aliphatic rings. The van der Waals surface area contributed by atoms with Crippen LogP contribution in [-0.2, 0) is 4.79 Å². The third kappa shape index (κ3) is 4.86. The fourth-order valence-corrected chi connectivity index (χ4v) is 3.83. The number of hydrogen-bond acceptors (Lipinski definition) is 3. The predicted molar refractivity (Wildman–Crippen MR) is 133 cm³/mol. The van der Waals surface area contributed by atoms with E-state index in [1.807, 2.05) is 31.2 Å². The van der Waals surface area contributed by atoms with E-state index in [0.717, 1.165) is 27.7 Å². The summed E-state index contributed by atoms with van der Waals surface area (Å²) in [5, 5.41) is 8.34. The summed E-state index contributed by atoms with van der Waals surface area (Å²) in [6, 6.07) is 17.8. The van der Waals surface area contributed by atoms with Gasteiger partial charge < -0.3 is 10.1 Å². The molecule has 1 amide bonds. The summed E-state index contributed by atoms with van der Waals surface area (Å²) in [5.41, 5.74) is 5.41. The zero-order valence-corrected chi connectivity index (χ0v) is 19.8. The lowest BCUT2D eigenvalue weighted by Crippen LogP contribution is -2.39. The number of halogens is 1. The predicted octanol–water partition coefficient (Wildman–Crippen LogP) is 5.98. The molecule has 1 aromatic heterocycles. The quantitative estimate of drug-likeness (QED) is 0.347. The van der Waals surface area contributed by atoms with E-state index in [2.05, 4.69) is 43.0 Å². The van der Waals surface area contributed by atoms with Gasteiger partial charge in [0.25, 0.3) is 0 Å². The maximum absolute atomic E-state index is 13.3. The van der Waals surface area contributed by atoms with Crippen molar-refractivity contribution >= 4 is 16.8 Å². The van der Waals surface area contributed by atoms with E-state index in [9.17, 15) is 9.18 Å². The van der Waals surface area contributed by atoms with Crippen molar-refractivity contribution < 1.29 is 13.9 Å². The van der Waals surface area contributed by atoms with Gasteiger partial charge in [0.2, 0.25) is 5.91 Å². The molecule has 0 fully saturated rings. The van der Waals surface area contributed by atoms with Gasteiger partial charge in [-0.3, -0.25) is 4.79 Å².